The Kier molecular flexibility index (Phi) is 4.53. The molecule has 1 aromatic rings. The molecule has 0 radical (unpaired) electrons. The third kappa shape index (κ3) is 3.27. The van der Waals surface area contributed by atoms with Gasteiger partial charge in [0.05, 0.1) is 0 Å². The summed E-state index contributed by atoms with van der Waals surface area (Å²) in [6, 6.07) is 0. The second-order valence-electron chi connectivity index (χ2n) is 2.31. The van der Waals surface area contributed by atoms with Gasteiger partial charge in [-0.15, -0.1) is 0 Å². The van der Waals surface area contributed by atoms with Gasteiger partial charge in [0.1, 0.15) is 10.5 Å². The zero-order valence-electron chi connectivity index (χ0n) is 7.06. The van der Waals surface area contributed by atoms with Gasteiger partial charge in [-0.05, 0) is 0 Å². The van der Waals surface area contributed by atoms with Crippen LogP contribution in [0.1, 0.15) is 5.76 Å². The fourth-order valence-electron chi connectivity index (χ4n) is 0.658. The molecular formula is C5H2Cl4F2N3OS+. The number of hydrogen-bond donors (Lipinski definition) is 1. The quantitative estimate of drug-likeness (QED) is 0.665. The summed E-state index contributed by atoms with van der Waals surface area (Å²) < 4.78 is 22.3. The Morgan fingerprint density at radius 1 is 1.38 bits per heavy atom. The Balaban J connectivity index is 2.95. The third-order valence-corrected chi connectivity index (χ3v) is 3.76. The summed E-state index contributed by atoms with van der Waals surface area (Å²) in [5, 5.41) is 7.99. The SMILES string of the molecule is O=C(Nc1nnc(Cl)[s+]1C(F)F)C(Cl)(Cl)Cl. The summed E-state index contributed by atoms with van der Waals surface area (Å²) >= 11 is 21.1. The number of aromatic nitrogens is 2. The van der Waals surface area contributed by atoms with Crippen molar-refractivity contribution in [3.63, 3.8) is 0 Å². The molecule has 0 saturated heterocycles. The van der Waals surface area contributed by atoms with E-state index in [9.17, 15) is 13.6 Å². The lowest BCUT2D eigenvalue weighted by molar-refractivity contribution is -0.115. The minimum Gasteiger partial charge on any atom is -0.270 e. The fourth-order valence-corrected chi connectivity index (χ4v) is 2.19. The standard InChI is InChI=1S/C5HCl4F2N3OS/c6-2-13-14-4(16(2)3(10)11)12-1(15)5(7,8)9/h3H/p+1. The average Bonchev–Trinajstić information content (AvgIpc) is 2.45. The van der Waals surface area contributed by atoms with Crippen LogP contribution in [0.15, 0.2) is 0 Å². The molecule has 1 unspecified atom stereocenters. The van der Waals surface area contributed by atoms with Crippen molar-refractivity contribution >= 4 is 67.9 Å². The molecular weight excluding hydrogens is 330 g/mol. The van der Waals surface area contributed by atoms with Gasteiger partial charge in [-0.25, -0.2) is 0 Å². The normalized spacial score (nSPS) is 13.1. The maximum absolute atomic E-state index is 12.5. The number of alkyl halides is 5. The molecule has 0 fully saturated rings. The highest BCUT2D eigenvalue weighted by molar-refractivity contribution is 7.37. The predicted octanol–water partition coefficient (Wildman–Crippen LogP) is 3.58. The van der Waals surface area contributed by atoms with Crippen LogP contribution >= 0.6 is 56.9 Å². The molecule has 1 atom stereocenters. The maximum Gasteiger partial charge on any atom is 0.427 e. The number of carbonyl (C=O) groups is 1. The van der Waals surface area contributed by atoms with Crippen molar-refractivity contribution in [2.75, 3.05) is 5.32 Å². The molecule has 90 valence electrons. The fraction of sp³-hybridized carbons (Fsp3) is 0.400. The van der Waals surface area contributed by atoms with Crippen LogP contribution in [0, 0.1) is 0 Å². The van der Waals surface area contributed by atoms with Crippen molar-refractivity contribution in [1.82, 2.24) is 10.2 Å². The highest BCUT2D eigenvalue weighted by Gasteiger charge is 2.38. The Bertz CT molecular complexity index is 407. The lowest BCUT2D eigenvalue weighted by Gasteiger charge is -2.07. The minimum absolute atomic E-state index is 0.408. The van der Waals surface area contributed by atoms with E-state index in [2.05, 4.69) is 10.2 Å². The van der Waals surface area contributed by atoms with Crippen molar-refractivity contribution in [2.24, 2.45) is 0 Å². The van der Waals surface area contributed by atoms with Crippen LogP contribution < -0.4 is 5.32 Å². The van der Waals surface area contributed by atoms with E-state index in [4.69, 9.17) is 46.4 Å². The van der Waals surface area contributed by atoms with Crippen LogP contribution in [0.4, 0.5) is 13.9 Å². The molecule has 0 aliphatic heterocycles. The van der Waals surface area contributed by atoms with Crippen molar-refractivity contribution in [1.29, 1.82) is 0 Å². The van der Waals surface area contributed by atoms with Gasteiger partial charge in [-0.3, -0.25) is 10.1 Å². The zero-order chi connectivity index (χ0) is 12.5. The van der Waals surface area contributed by atoms with Crippen LogP contribution in [-0.4, -0.2) is 19.9 Å². The molecule has 0 spiro atoms. The highest BCUT2D eigenvalue weighted by atomic mass is 35.6. The van der Waals surface area contributed by atoms with Crippen molar-refractivity contribution in [2.45, 2.75) is 9.55 Å². The van der Waals surface area contributed by atoms with E-state index in [0.717, 1.165) is 0 Å². The van der Waals surface area contributed by atoms with Gasteiger partial charge in [0, 0.05) is 11.6 Å². The van der Waals surface area contributed by atoms with E-state index < -0.39 is 35.5 Å². The van der Waals surface area contributed by atoms with E-state index in [1.165, 1.54) is 0 Å². The summed E-state index contributed by atoms with van der Waals surface area (Å²) in [5.41, 5.74) is 0. The number of hydrogen-bond acceptors (Lipinski definition) is 3. The number of halogens is 6. The molecule has 0 aliphatic carbocycles. The number of amides is 1. The Labute approximate surface area is 111 Å². The van der Waals surface area contributed by atoms with Gasteiger partial charge in [0.2, 0.25) is 0 Å². The topological polar surface area (TPSA) is 54.9 Å². The zero-order valence-corrected chi connectivity index (χ0v) is 10.9. The van der Waals surface area contributed by atoms with Gasteiger partial charge in [-0.2, -0.15) is 8.78 Å². The lowest BCUT2D eigenvalue weighted by atomic mass is 10.7. The van der Waals surface area contributed by atoms with Gasteiger partial charge in [0.25, 0.3) is 9.70 Å². The smallest absolute Gasteiger partial charge is 0.270 e. The number of nitrogens with zero attached hydrogens (tertiary/aromatic N) is 2. The minimum atomic E-state index is -2.84. The van der Waals surface area contributed by atoms with E-state index in [1.54, 1.807) is 0 Å². The molecule has 0 bridgehead atoms. The molecule has 0 saturated carbocycles. The van der Waals surface area contributed by atoms with Crippen molar-refractivity contribution in [3.05, 3.63) is 4.47 Å². The van der Waals surface area contributed by atoms with Gasteiger partial charge in [-0.1, -0.05) is 45.0 Å². The molecule has 1 amide bonds. The first-order valence-electron chi connectivity index (χ1n) is 3.44. The number of nitrogens with one attached hydrogen (secondary N) is 1. The first-order valence-corrected chi connectivity index (χ1v) is 6.24. The Morgan fingerprint density at radius 2 is 1.94 bits per heavy atom. The van der Waals surface area contributed by atoms with Crippen LogP contribution in [0.3, 0.4) is 0 Å². The second kappa shape index (κ2) is 5.14. The second-order valence-corrected chi connectivity index (χ2v) is 6.98. The van der Waals surface area contributed by atoms with E-state index in [-0.39, 0.29) is 0 Å². The Morgan fingerprint density at radius 3 is 2.38 bits per heavy atom. The monoisotopic (exact) mass is 330 g/mol. The summed E-state index contributed by atoms with van der Waals surface area (Å²) in [4.78, 5) is 11.2. The predicted molar refractivity (Wildman–Crippen MR) is 59.7 cm³/mol. The summed E-state index contributed by atoms with van der Waals surface area (Å²) in [6.07, 6.45) is 0. The first kappa shape index (κ1) is 14.1. The van der Waals surface area contributed by atoms with Crippen LogP contribution in [0.2, 0.25) is 4.47 Å². The number of rotatable bonds is 2. The van der Waals surface area contributed by atoms with E-state index in [1.807, 2.05) is 5.32 Å². The van der Waals surface area contributed by atoms with Gasteiger partial charge >= 0.3 is 15.4 Å². The summed E-state index contributed by atoms with van der Waals surface area (Å²) in [5.74, 6) is -3.94. The Hall–Kier alpha value is 0.0500. The summed E-state index contributed by atoms with van der Waals surface area (Å²) in [6.45, 7) is 0. The molecule has 1 heterocycles. The van der Waals surface area contributed by atoms with Crippen LogP contribution in [-0.2, 0) is 4.79 Å². The van der Waals surface area contributed by atoms with Gasteiger partial charge in [0.15, 0.2) is 0 Å². The molecule has 4 nitrogen and oxygen atoms in total. The molecule has 16 heavy (non-hydrogen) atoms. The number of carbonyl (C=O) groups excluding carboxylic acids is 1. The summed E-state index contributed by atoms with van der Waals surface area (Å²) in [7, 11) is -1.89. The van der Waals surface area contributed by atoms with Gasteiger partial charge < -0.3 is 0 Å². The van der Waals surface area contributed by atoms with Crippen LogP contribution in [0.25, 0.3) is 0 Å². The molecule has 11 heteroatoms. The first-order chi connectivity index (χ1) is 7.23. The molecule has 1 rings (SSSR count). The molecule has 0 aromatic carbocycles. The highest BCUT2D eigenvalue weighted by Crippen LogP contribution is 2.45. The average molecular weight is 332 g/mol. The van der Waals surface area contributed by atoms with E-state index in [0.29, 0.717) is 0 Å². The number of anilines is 1. The lowest BCUT2D eigenvalue weighted by Crippen LogP contribution is -2.27. The van der Waals surface area contributed by atoms with Crippen molar-refractivity contribution < 1.29 is 13.6 Å². The maximum atomic E-state index is 12.5. The van der Waals surface area contributed by atoms with Crippen molar-refractivity contribution in [3.8, 4) is 0 Å². The molecule has 1 N–H and O–H groups in total. The largest absolute Gasteiger partial charge is 0.427 e. The van der Waals surface area contributed by atoms with Crippen LogP contribution in [0.5, 0.6) is 0 Å². The van der Waals surface area contributed by atoms with E-state index >= 15 is 0 Å². The third-order valence-electron chi connectivity index (χ3n) is 1.27. The molecule has 0 aliphatic rings. The molecule has 1 aromatic heterocycles.